The fourth-order valence-electron chi connectivity index (χ4n) is 4.94. The number of β-lactam (4-membered cyclic amide) rings is 1. The lowest BCUT2D eigenvalue weighted by Gasteiger charge is -2.56. The number of anilines is 1. The van der Waals surface area contributed by atoms with Crippen molar-refractivity contribution in [1.29, 1.82) is 0 Å². The third-order valence-corrected chi connectivity index (χ3v) is 6.29. The van der Waals surface area contributed by atoms with Crippen LogP contribution in [0.2, 0.25) is 0 Å². The fourth-order valence-corrected chi connectivity index (χ4v) is 4.94. The monoisotopic (exact) mass is 312 g/mol. The van der Waals surface area contributed by atoms with Gasteiger partial charge in [0.1, 0.15) is 0 Å². The summed E-state index contributed by atoms with van der Waals surface area (Å²) in [5, 5.41) is 0. The van der Waals surface area contributed by atoms with E-state index in [2.05, 4.69) is 21.9 Å². The van der Waals surface area contributed by atoms with Gasteiger partial charge in [0.2, 0.25) is 5.91 Å². The first kappa shape index (κ1) is 15.2. The van der Waals surface area contributed by atoms with Gasteiger partial charge in [-0.2, -0.15) is 0 Å². The van der Waals surface area contributed by atoms with Gasteiger partial charge in [-0.1, -0.05) is 43.9 Å². The van der Waals surface area contributed by atoms with Gasteiger partial charge in [-0.25, -0.2) is 0 Å². The molecule has 1 aromatic carbocycles. The number of para-hydroxylation sites is 1. The zero-order valence-electron chi connectivity index (χ0n) is 14.0. The number of piperidine rings is 1. The summed E-state index contributed by atoms with van der Waals surface area (Å²) in [7, 11) is 0. The Morgan fingerprint density at radius 2 is 1.57 bits per heavy atom. The third-order valence-electron chi connectivity index (χ3n) is 6.29. The van der Waals surface area contributed by atoms with Crippen molar-refractivity contribution >= 4 is 11.6 Å². The van der Waals surface area contributed by atoms with Crippen LogP contribution in [0.3, 0.4) is 0 Å². The lowest BCUT2D eigenvalue weighted by Crippen LogP contribution is -2.68. The number of hydrogen-bond donors (Lipinski definition) is 0. The van der Waals surface area contributed by atoms with Gasteiger partial charge in [-0.05, 0) is 37.8 Å². The first-order valence-electron chi connectivity index (χ1n) is 9.41. The van der Waals surface area contributed by atoms with Gasteiger partial charge in [0.25, 0.3) is 0 Å². The molecule has 1 aromatic rings. The van der Waals surface area contributed by atoms with Crippen LogP contribution >= 0.6 is 0 Å². The van der Waals surface area contributed by atoms with Gasteiger partial charge in [-0.3, -0.25) is 4.79 Å². The van der Waals surface area contributed by atoms with Crippen LogP contribution < -0.4 is 4.90 Å². The number of carbonyl (C=O) groups excluding carboxylic acids is 1. The van der Waals surface area contributed by atoms with Crippen LogP contribution in [-0.2, 0) is 4.79 Å². The maximum Gasteiger partial charge on any atom is 0.229 e. The van der Waals surface area contributed by atoms with Crippen molar-refractivity contribution in [3.8, 4) is 0 Å². The summed E-state index contributed by atoms with van der Waals surface area (Å²) in [6.45, 7) is 2.34. The summed E-state index contributed by atoms with van der Waals surface area (Å²) >= 11 is 0. The number of rotatable bonds is 2. The number of amides is 1. The molecule has 0 aromatic heterocycles. The molecule has 0 bridgehead atoms. The lowest BCUT2D eigenvalue weighted by molar-refractivity contribution is -0.129. The van der Waals surface area contributed by atoms with Crippen molar-refractivity contribution < 1.29 is 4.79 Å². The molecule has 0 N–H and O–H groups in total. The SMILES string of the molecule is O=C1CC2(CCN(C3CCCCCC3)CC2)N1c1ccccc1. The summed E-state index contributed by atoms with van der Waals surface area (Å²) in [5.74, 6) is 0.305. The molecule has 3 fully saturated rings. The van der Waals surface area contributed by atoms with Crippen LogP contribution in [0.4, 0.5) is 5.69 Å². The largest absolute Gasteiger partial charge is 0.306 e. The first-order valence-corrected chi connectivity index (χ1v) is 9.41. The van der Waals surface area contributed by atoms with Crippen LogP contribution in [-0.4, -0.2) is 35.5 Å². The molecule has 0 atom stereocenters. The van der Waals surface area contributed by atoms with E-state index in [9.17, 15) is 4.79 Å². The highest BCUT2D eigenvalue weighted by atomic mass is 16.2. The zero-order chi connectivity index (χ0) is 15.7. The molecular weight excluding hydrogens is 284 g/mol. The molecule has 124 valence electrons. The second-order valence-corrected chi connectivity index (χ2v) is 7.65. The van der Waals surface area contributed by atoms with Crippen molar-refractivity contribution in [3.63, 3.8) is 0 Å². The van der Waals surface area contributed by atoms with E-state index in [-0.39, 0.29) is 5.54 Å². The molecule has 2 heterocycles. The Morgan fingerprint density at radius 3 is 2.17 bits per heavy atom. The molecule has 0 radical (unpaired) electrons. The van der Waals surface area contributed by atoms with Crippen molar-refractivity contribution in [1.82, 2.24) is 4.90 Å². The van der Waals surface area contributed by atoms with E-state index < -0.39 is 0 Å². The van der Waals surface area contributed by atoms with Gasteiger partial charge >= 0.3 is 0 Å². The highest BCUT2D eigenvalue weighted by Gasteiger charge is 2.52. The molecule has 0 unspecified atom stereocenters. The number of likely N-dealkylation sites (tertiary alicyclic amines) is 1. The lowest BCUT2D eigenvalue weighted by atomic mass is 9.75. The second kappa shape index (κ2) is 6.27. The van der Waals surface area contributed by atoms with Gasteiger partial charge in [0.15, 0.2) is 0 Å². The minimum atomic E-state index is 0.111. The maximum atomic E-state index is 12.2. The van der Waals surface area contributed by atoms with Gasteiger partial charge in [0, 0.05) is 24.8 Å². The average Bonchev–Trinajstić information content (AvgIpc) is 2.85. The van der Waals surface area contributed by atoms with E-state index in [1.165, 1.54) is 51.6 Å². The van der Waals surface area contributed by atoms with E-state index in [0.29, 0.717) is 5.91 Å². The predicted octanol–water partition coefficient (Wildman–Crippen LogP) is 3.98. The number of nitrogens with zero attached hydrogens (tertiary/aromatic N) is 2. The van der Waals surface area contributed by atoms with Crippen LogP contribution in [0.1, 0.15) is 57.8 Å². The predicted molar refractivity (Wildman–Crippen MR) is 93.6 cm³/mol. The van der Waals surface area contributed by atoms with E-state index in [1.54, 1.807) is 0 Å². The molecule has 2 aliphatic heterocycles. The highest BCUT2D eigenvalue weighted by Crippen LogP contribution is 2.44. The summed E-state index contributed by atoms with van der Waals surface area (Å²) in [6.07, 6.45) is 11.5. The highest BCUT2D eigenvalue weighted by molar-refractivity contribution is 6.02. The normalized spacial score (nSPS) is 26.1. The molecule has 1 saturated carbocycles. The van der Waals surface area contributed by atoms with Crippen molar-refractivity contribution in [2.45, 2.75) is 69.4 Å². The Hall–Kier alpha value is -1.35. The minimum absolute atomic E-state index is 0.111. The van der Waals surface area contributed by atoms with Crippen molar-refractivity contribution in [2.24, 2.45) is 0 Å². The smallest absolute Gasteiger partial charge is 0.229 e. The summed E-state index contributed by atoms with van der Waals surface area (Å²) in [6, 6.07) is 11.1. The molecule has 3 heteroatoms. The Balaban J connectivity index is 1.43. The fraction of sp³-hybridized carbons (Fsp3) is 0.650. The molecule has 3 aliphatic rings. The zero-order valence-corrected chi connectivity index (χ0v) is 14.0. The van der Waals surface area contributed by atoms with Crippen LogP contribution in [0.15, 0.2) is 30.3 Å². The summed E-state index contributed by atoms with van der Waals surface area (Å²) < 4.78 is 0. The number of benzene rings is 1. The molecule has 2 saturated heterocycles. The first-order chi connectivity index (χ1) is 11.3. The maximum absolute atomic E-state index is 12.2. The van der Waals surface area contributed by atoms with Gasteiger partial charge in [-0.15, -0.1) is 0 Å². The Kier molecular flexibility index (Phi) is 4.14. The third kappa shape index (κ3) is 2.80. The number of hydrogen-bond acceptors (Lipinski definition) is 2. The van der Waals surface area contributed by atoms with Crippen molar-refractivity contribution in [2.75, 3.05) is 18.0 Å². The quantitative estimate of drug-likeness (QED) is 0.609. The van der Waals surface area contributed by atoms with Gasteiger partial charge in [0.05, 0.1) is 12.0 Å². The van der Waals surface area contributed by atoms with E-state index in [1.807, 2.05) is 18.2 Å². The Morgan fingerprint density at radius 1 is 0.913 bits per heavy atom. The van der Waals surface area contributed by atoms with Crippen LogP contribution in [0.25, 0.3) is 0 Å². The molecule has 3 nitrogen and oxygen atoms in total. The van der Waals surface area contributed by atoms with E-state index in [4.69, 9.17) is 0 Å². The summed E-state index contributed by atoms with van der Waals surface area (Å²) in [5.41, 5.74) is 1.20. The molecule has 4 rings (SSSR count). The second-order valence-electron chi connectivity index (χ2n) is 7.65. The molecule has 1 amide bonds. The average molecular weight is 312 g/mol. The topological polar surface area (TPSA) is 23.6 Å². The van der Waals surface area contributed by atoms with Crippen LogP contribution in [0, 0.1) is 0 Å². The van der Waals surface area contributed by atoms with E-state index >= 15 is 0 Å². The molecule has 23 heavy (non-hydrogen) atoms. The summed E-state index contributed by atoms with van der Waals surface area (Å²) in [4.78, 5) is 17.1. The van der Waals surface area contributed by atoms with E-state index in [0.717, 1.165) is 31.0 Å². The minimum Gasteiger partial charge on any atom is -0.306 e. The Labute approximate surface area is 139 Å². The standard InChI is InChI=1S/C20H28N2O/c23-19-16-20(22(19)18-10-6-3-7-11-18)12-14-21(15-13-20)17-8-4-1-2-5-9-17/h3,6-7,10-11,17H,1-2,4-5,8-9,12-16H2. The van der Waals surface area contributed by atoms with Crippen molar-refractivity contribution in [3.05, 3.63) is 30.3 Å². The Bertz CT molecular complexity index is 540. The van der Waals surface area contributed by atoms with Gasteiger partial charge < -0.3 is 9.80 Å². The number of carbonyl (C=O) groups is 1. The van der Waals surface area contributed by atoms with Crippen LogP contribution in [0.5, 0.6) is 0 Å². The molecule has 1 aliphatic carbocycles. The molecular formula is C20H28N2O. The molecule has 1 spiro atoms.